The van der Waals surface area contributed by atoms with Crippen LogP contribution in [-0.2, 0) is 9.05 Å². The van der Waals surface area contributed by atoms with E-state index in [2.05, 4.69) is 5.10 Å². The molecular formula is C11H16Cl2N2O2S. The summed E-state index contributed by atoms with van der Waals surface area (Å²) in [5, 5.41) is 4.41. The van der Waals surface area contributed by atoms with Crippen LogP contribution >= 0.6 is 22.3 Å². The van der Waals surface area contributed by atoms with Gasteiger partial charge in [0.2, 0.25) is 0 Å². The first-order valence-electron chi connectivity index (χ1n) is 6.10. The van der Waals surface area contributed by atoms with Gasteiger partial charge in [0.25, 0.3) is 9.05 Å². The molecule has 0 saturated heterocycles. The molecule has 1 aromatic rings. The summed E-state index contributed by atoms with van der Waals surface area (Å²) in [4.78, 5) is -0.0462. The van der Waals surface area contributed by atoms with Crippen molar-refractivity contribution in [3.8, 4) is 0 Å². The lowest BCUT2D eigenvalue weighted by atomic mass is 10.1. The van der Waals surface area contributed by atoms with Crippen LogP contribution in [0.15, 0.2) is 4.90 Å². The van der Waals surface area contributed by atoms with E-state index in [0.29, 0.717) is 5.69 Å². The Kier molecular flexibility index (Phi) is 4.24. The van der Waals surface area contributed by atoms with Crippen molar-refractivity contribution in [3.63, 3.8) is 0 Å². The molecular weight excluding hydrogens is 295 g/mol. The summed E-state index contributed by atoms with van der Waals surface area (Å²) in [6.07, 6.45) is 6.67. The molecule has 7 heteroatoms. The molecule has 0 aliphatic heterocycles. The fourth-order valence-corrected chi connectivity index (χ4v) is 4.50. The van der Waals surface area contributed by atoms with E-state index in [4.69, 9.17) is 22.3 Å². The molecule has 2 rings (SSSR count). The zero-order valence-corrected chi connectivity index (χ0v) is 12.5. The second-order valence-corrected chi connectivity index (χ2v) is 7.59. The minimum Gasteiger partial charge on any atom is -0.249 e. The predicted octanol–water partition coefficient (Wildman–Crippen LogP) is 3.67. The third-order valence-electron chi connectivity index (χ3n) is 3.39. The van der Waals surface area contributed by atoms with Crippen molar-refractivity contribution in [3.05, 3.63) is 10.8 Å². The highest BCUT2D eigenvalue weighted by Crippen LogP contribution is 2.34. The smallest absolute Gasteiger partial charge is 0.249 e. The number of aryl methyl sites for hydroxylation is 1. The first kappa shape index (κ1) is 14.2. The largest absolute Gasteiger partial charge is 0.266 e. The Morgan fingerprint density at radius 3 is 2.22 bits per heavy atom. The Morgan fingerprint density at radius 1 is 1.22 bits per heavy atom. The van der Waals surface area contributed by atoms with E-state index < -0.39 is 9.05 Å². The van der Waals surface area contributed by atoms with E-state index in [1.165, 1.54) is 12.8 Å². The van der Waals surface area contributed by atoms with Crippen LogP contribution in [-0.4, -0.2) is 18.2 Å². The van der Waals surface area contributed by atoms with Crippen molar-refractivity contribution < 1.29 is 8.42 Å². The SMILES string of the molecule is Cc1nn(C2CCCCCC2)c(Cl)c1S(=O)(=O)Cl. The van der Waals surface area contributed by atoms with Gasteiger partial charge in [0, 0.05) is 10.7 Å². The van der Waals surface area contributed by atoms with E-state index in [1.807, 2.05) is 0 Å². The summed E-state index contributed by atoms with van der Waals surface area (Å²) < 4.78 is 24.6. The topological polar surface area (TPSA) is 52.0 Å². The van der Waals surface area contributed by atoms with Crippen LogP contribution in [0.5, 0.6) is 0 Å². The van der Waals surface area contributed by atoms with E-state index >= 15 is 0 Å². The summed E-state index contributed by atoms with van der Waals surface area (Å²) in [5.41, 5.74) is 0.374. The normalized spacial score (nSPS) is 18.8. The Morgan fingerprint density at radius 2 is 1.78 bits per heavy atom. The highest BCUT2D eigenvalue weighted by atomic mass is 35.7. The van der Waals surface area contributed by atoms with E-state index in [-0.39, 0.29) is 16.1 Å². The van der Waals surface area contributed by atoms with Gasteiger partial charge >= 0.3 is 0 Å². The molecule has 4 nitrogen and oxygen atoms in total. The Hall–Kier alpha value is -0.260. The average Bonchev–Trinajstić information content (AvgIpc) is 2.48. The van der Waals surface area contributed by atoms with Crippen LogP contribution in [0, 0.1) is 6.92 Å². The summed E-state index contributed by atoms with van der Waals surface area (Å²) >= 11 is 6.14. The van der Waals surface area contributed by atoms with Crippen molar-refractivity contribution in [2.45, 2.75) is 56.4 Å². The standard InChI is InChI=1S/C11H16Cl2N2O2S/c1-8-10(18(13,16)17)11(12)15(14-8)9-6-4-2-3-5-7-9/h9H,2-7H2,1H3. The molecule has 0 aromatic carbocycles. The molecule has 0 spiro atoms. The second kappa shape index (κ2) is 5.39. The second-order valence-electron chi connectivity index (χ2n) is 4.73. The van der Waals surface area contributed by atoms with E-state index in [0.717, 1.165) is 25.7 Å². The van der Waals surface area contributed by atoms with Crippen LogP contribution in [0.1, 0.15) is 50.3 Å². The highest BCUT2D eigenvalue weighted by Gasteiger charge is 2.27. The lowest BCUT2D eigenvalue weighted by Gasteiger charge is -2.15. The summed E-state index contributed by atoms with van der Waals surface area (Å²) in [7, 11) is 1.55. The molecule has 18 heavy (non-hydrogen) atoms. The molecule has 0 radical (unpaired) electrons. The molecule has 0 amide bonds. The van der Waals surface area contributed by atoms with Gasteiger partial charge in [-0.15, -0.1) is 0 Å². The fraction of sp³-hybridized carbons (Fsp3) is 0.727. The molecule has 0 bridgehead atoms. The molecule has 0 atom stereocenters. The van der Waals surface area contributed by atoms with Crippen molar-refractivity contribution >= 4 is 31.3 Å². The number of hydrogen-bond acceptors (Lipinski definition) is 3. The quantitative estimate of drug-likeness (QED) is 0.618. The van der Waals surface area contributed by atoms with Gasteiger partial charge in [-0.25, -0.2) is 13.1 Å². The predicted molar refractivity (Wildman–Crippen MR) is 71.8 cm³/mol. The Labute approximate surface area is 117 Å². The molecule has 1 aliphatic carbocycles. The lowest BCUT2D eigenvalue weighted by molar-refractivity contribution is 0.404. The van der Waals surface area contributed by atoms with Crippen LogP contribution in [0.2, 0.25) is 5.15 Å². The van der Waals surface area contributed by atoms with Gasteiger partial charge in [-0.1, -0.05) is 37.3 Å². The third kappa shape index (κ3) is 2.83. The summed E-state index contributed by atoms with van der Waals surface area (Å²) in [6, 6.07) is 0.186. The van der Waals surface area contributed by atoms with Crippen LogP contribution < -0.4 is 0 Å². The maximum Gasteiger partial charge on any atom is 0.266 e. The monoisotopic (exact) mass is 310 g/mol. The van der Waals surface area contributed by atoms with Crippen LogP contribution in [0.25, 0.3) is 0 Å². The van der Waals surface area contributed by atoms with Gasteiger partial charge in [0.05, 0.1) is 11.7 Å². The third-order valence-corrected chi connectivity index (χ3v) is 5.30. The van der Waals surface area contributed by atoms with Gasteiger partial charge in [-0.05, 0) is 19.8 Å². The zero-order chi connectivity index (χ0) is 13.3. The molecule has 1 saturated carbocycles. The highest BCUT2D eigenvalue weighted by molar-refractivity contribution is 8.13. The Bertz CT molecular complexity index is 531. The molecule has 1 aliphatic rings. The number of rotatable bonds is 2. The first-order valence-corrected chi connectivity index (χ1v) is 8.79. The van der Waals surface area contributed by atoms with Crippen LogP contribution in [0.3, 0.4) is 0 Å². The van der Waals surface area contributed by atoms with Gasteiger partial charge in [0.1, 0.15) is 10.0 Å². The number of aromatic nitrogens is 2. The number of halogens is 2. The molecule has 1 fully saturated rings. The van der Waals surface area contributed by atoms with Gasteiger partial charge in [-0.3, -0.25) is 0 Å². The summed E-state index contributed by atoms with van der Waals surface area (Å²) in [6.45, 7) is 1.62. The number of hydrogen-bond donors (Lipinski definition) is 0. The van der Waals surface area contributed by atoms with Crippen molar-refractivity contribution in [2.75, 3.05) is 0 Å². The van der Waals surface area contributed by atoms with Gasteiger partial charge in [-0.2, -0.15) is 5.10 Å². The van der Waals surface area contributed by atoms with Crippen molar-refractivity contribution in [1.82, 2.24) is 9.78 Å². The molecule has 102 valence electrons. The Balaban J connectivity index is 2.40. The van der Waals surface area contributed by atoms with Crippen molar-refractivity contribution in [2.24, 2.45) is 0 Å². The first-order chi connectivity index (χ1) is 8.41. The van der Waals surface area contributed by atoms with Gasteiger partial charge < -0.3 is 0 Å². The molecule has 1 aromatic heterocycles. The maximum absolute atomic E-state index is 11.5. The minimum absolute atomic E-state index is 0.0462. The fourth-order valence-electron chi connectivity index (χ4n) is 2.53. The minimum atomic E-state index is -3.83. The lowest BCUT2D eigenvalue weighted by Crippen LogP contribution is -2.10. The van der Waals surface area contributed by atoms with E-state index in [1.54, 1.807) is 11.6 Å². The maximum atomic E-state index is 11.5. The average molecular weight is 311 g/mol. The van der Waals surface area contributed by atoms with E-state index in [9.17, 15) is 8.42 Å². The molecule has 0 N–H and O–H groups in total. The molecule has 0 unspecified atom stereocenters. The van der Waals surface area contributed by atoms with Crippen LogP contribution in [0.4, 0.5) is 0 Å². The summed E-state index contributed by atoms with van der Waals surface area (Å²) in [5.74, 6) is 0. The molecule has 1 heterocycles. The number of nitrogens with zero attached hydrogens (tertiary/aromatic N) is 2. The zero-order valence-electron chi connectivity index (χ0n) is 10.2. The van der Waals surface area contributed by atoms with Gasteiger partial charge in [0.15, 0.2) is 0 Å². The van der Waals surface area contributed by atoms with Crippen molar-refractivity contribution in [1.29, 1.82) is 0 Å².